The Kier molecular flexibility index (Phi) is 5.32. The first-order valence-electron chi connectivity index (χ1n) is 7.94. The third-order valence-electron chi connectivity index (χ3n) is 4.18. The van der Waals surface area contributed by atoms with Gasteiger partial charge < -0.3 is 14.4 Å². The molecule has 1 heterocycles. The lowest BCUT2D eigenvalue weighted by Crippen LogP contribution is -2.30. The number of nitro benzene ring substituents is 1. The van der Waals surface area contributed by atoms with Crippen LogP contribution in [0.1, 0.15) is 21.3 Å². The highest BCUT2D eigenvalue weighted by molar-refractivity contribution is 7.99. The molecular formula is C18H18N2O5S. The Hall–Kier alpha value is -2.74. The number of non-ortho nitro benzene ring substituents is 1. The summed E-state index contributed by atoms with van der Waals surface area (Å²) in [6.07, 6.45) is 0. The summed E-state index contributed by atoms with van der Waals surface area (Å²) in [4.78, 5) is 25.0. The second-order valence-electron chi connectivity index (χ2n) is 5.63. The first kappa shape index (κ1) is 18.1. The van der Waals surface area contributed by atoms with Gasteiger partial charge in [0.05, 0.1) is 19.1 Å². The Morgan fingerprint density at radius 3 is 2.54 bits per heavy atom. The average Bonchev–Trinajstić information content (AvgIpc) is 3.16. The van der Waals surface area contributed by atoms with Crippen LogP contribution in [0.5, 0.6) is 11.5 Å². The minimum atomic E-state index is -0.482. The molecule has 0 N–H and O–H groups in total. The standard InChI is InChI=1S/C18H18N2O5S/c1-24-14-7-8-16(25-2)15(11-14)18-19(9-10-26-18)17(21)12-3-5-13(6-4-12)20(22)23/h3-8,11,18H,9-10H2,1-2H3. The Labute approximate surface area is 155 Å². The summed E-state index contributed by atoms with van der Waals surface area (Å²) in [6.45, 7) is 0.589. The molecule has 0 radical (unpaired) electrons. The van der Waals surface area contributed by atoms with E-state index in [0.29, 0.717) is 23.6 Å². The number of nitro groups is 1. The molecule has 1 amide bonds. The molecule has 0 aliphatic carbocycles. The van der Waals surface area contributed by atoms with Crippen molar-refractivity contribution in [3.05, 3.63) is 63.7 Å². The highest BCUT2D eigenvalue weighted by Crippen LogP contribution is 2.43. The lowest BCUT2D eigenvalue weighted by Gasteiger charge is -2.25. The van der Waals surface area contributed by atoms with E-state index >= 15 is 0 Å². The van der Waals surface area contributed by atoms with Crippen LogP contribution in [0.2, 0.25) is 0 Å². The molecule has 136 valence electrons. The highest BCUT2D eigenvalue weighted by atomic mass is 32.2. The summed E-state index contributed by atoms with van der Waals surface area (Å²) < 4.78 is 10.7. The number of hydrogen-bond donors (Lipinski definition) is 0. The van der Waals surface area contributed by atoms with Crippen molar-refractivity contribution in [2.75, 3.05) is 26.5 Å². The molecule has 1 aliphatic rings. The molecule has 1 unspecified atom stereocenters. The first-order chi connectivity index (χ1) is 12.5. The molecule has 1 atom stereocenters. The molecule has 0 spiro atoms. The zero-order valence-electron chi connectivity index (χ0n) is 14.4. The van der Waals surface area contributed by atoms with Crippen molar-refractivity contribution in [1.29, 1.82) is 0 Å². The number of ether oxygens (including phenoxy) is 2. The van der Waals surface area contributed by atoms with E-state index in [-0.39, 0.29) is 17.0 Å². The maximum Gasteiger partial charge on any atom is 0.269 e. The molecule has 8 heteroatoms. The predicted octanol–water partition coefficient (Wildman–Crippen LogP) is 3.50. The normalized spacial score (nSPS) is 16.4. The number of methoxy groups -OCH3 is 2. The number of hydrogen-bond acceptors (Lipinski definition) is 6. The predicted molar refractivity (Wildman–Crippen MR) is 98.9 cm³/mol. The molecule has 1 aliphatic heterocycles. The topological polar surface area (TPSA) is 81.9 Å². The van der Waals surface area contributed by atoms with Crippen LogP contribution < -0.4 is 9.47 Å². The number of nitrogens with zero attached hydrogens (tertiary/aromatic N) is 2. The summed E-state index contributed by atoms with van der Waals surface area (Å²) in [5, 5.41) is 10.6. The smallest absolute Gasteiger partial charge is 0.269 e. The lowest BCUT2D eigenvalue weighted by atomic mass is 10.1. The molecule has 0 bridgehead atoms. The van der Waals surface area contributed by atoms with Crippen LogP contribution in [0, 0.1) is 10.1 Å². The van der Waals surface area contributed by atoms with Crippen molar-refractivity contribution in [2.24, 2.45) is 0 Å². The van der Waals surface area contributed by atoms with Crippen LogP contribution in [0.4, 0.5) is 5.69 Å². The summed E-state index contributed by atoms with van der Waals surface area (Å²) in [5.41, 5.74) is 1.25. The zero-order chi connectivity index (χ0) is 18.7. The minimum Gasteiger partial charge on any atom is -0.497 e. The van der Waals surface area contributed by atoms with Gasteiger partial charge in [-0.25, -0.2) is 0 Å². The second-order valence-corrected chi connectivity index (χ2v) is 6.82. The van der Waals surface area contributed by atoms with E-state index in [1.54, 1.807) is 30.9 Å². The van der Waals surface area contributed by atoms with Crippen LogP contribution in [0.3, 0.4) is 0 Å². The van der Waals surface area contributed by atoms with Crippen molar-refractivity contribution in [1.82, 2.24) is 4.90 Å². The van der Waals surface area contributed by atoms with Crippen molar-refractivity contribution in [3.63, 3.8) is 0 Å². The van der Waals surface area contributed by atoms with Gasteiger partial charge in [-0.15, -0.1) is 11.8 Å². The Morgan fingerprint density at radius 1 is 1.19 bits per heavy atom. The molecule has 1 saturated heterocycles. The Balaban J connectivity index is 1.90. The Morgan fingerprint density at radius 2 is 1.92 bits per heavy atom. The van der Waals surface area contributed by atoms with Crippen LogP contribution in [0.25, 0.3) is 0 Å². The maximum atomic E-state index is 12.9. The van der Waals surface area contributed by atoms with Crippen LogP contribution >= 0.6 is 11.8 Å². The van der Waals surface area contributed by atoms with E-state index in [4.69, 9.17) is 9.47 Å². The number of thioether (sulfide) groups is 1. The van der Waals surface area contributed by atoms with Crippen molar-refractivity contribution < 1.29 is 19.2 Å². The number of carbonyl (C=O) groups is 1. The van der Waals surface area contributed by atoms with Crippen molar-refractivity contribution in [2.45, 2.75) is 5.37 Å². The SMILES string of the molecule is COc1ccc(OC)c(C2SCCN2C(=O)c2ccc([N+](=O)[O-])cc2)c1. The van der Waals surface area contributed by atoms with Gasteiger partial charge in [0, 0.05) is 35.6 Å². The van der Waals surface area contributed by atoms with Gasteiger partial charge in [-0.2, -0.15) is 0 Å². The van der Waals surface area contributed by atoms with Crippen molar-refractivity contribution in [3.8, 4) is 11.5 Å². The van der Waals surface area contributed by atoms with Gasteiger partial charge in [-0.3, -0.25) is 14.9 Å². The van der Waals surface area contributed by atoms with E-state index in [9.17, 15) is 14.9 Å². The van der Waals surface area contributed by atoms with E-state index in [0.717, 1.165) is 11.3 Å². The van der Waals surface area contributed by atoms with Gasteiger partial charge in [-0.1, -0.05) is 0 Å². The van der Waals surface area contributed by atoms with E-state index < -0.39 is 4.92 Å². The van der Waals surface area contributed by atoms with Crippen LogP contribution in [-0.4, -0.2) is 42.2 Å². The molecule has 2 aromatic rings. The number of carbonyl (C=O) groups excluding carboxylic acids is 1. The first-order valence-corrected chi connectivity index (χ1v) is 8.99. The van der Waals surface area contributed by atoms with Crippen LogP contribution in [0.15, 0.2) is 42.5 Å². The van der Waals surface area contributed by atoms with Gasteiger partial charge in [-0.05, 0) is 30.3 Å². The second kappa shape index (κ2) is 7.65. The fourth-order valence-electron chi connectivity index (χ4n) is 2.86. The molecule has 0 aromatic heterocycles. The maximum absolute atomic E-state index is 12.9. The summed E-state index contributed by atoms with van der Waals surface area (Å²) in [5.74, 6) is 2.01. The quantitative estimate of drug-likeness (QED) is 0.588. The van der Waals surface area contributed by atoms with Gasteiger partial charge in [0.1, 0.15) is 16.9 Å². The molecular weight excluding hydrogens is 356 g/mol. The molecule has 3 rings (SSSR count). The average molecular weight is 374 g/mol. The largest absolute Gasteiger partial charge is 0.497 e. The summed E-state index contributed by atoms with van der Waals surface area (Å²) in [7, 11) is 3.18. The highest BCUT2D eigenvalue weighted by Gasteiger charge is 2.33. The summed E-state index contributed by atoms with van der Waals surface area (Å²) in [6, 6.07) is 11.2. The molecule has 2 aromatic carbocycles. The lowest BCUT2D eigenvalue weighted by molar-refractivity contribution is -0.384. The van der Waals surface area contributed by atoms with E-state index in [1.807, 2.05) is 18.2 Å². The van der Waals surface area contributed by atoms with E-state index in [2.05, 4.69) is 0 Å². The monoisotopic (exact) mass is 374 g/mol. The summed E-state index contributed by atoms with van der Waals surface area (Å²) >= 11 is 1.64. The number of rotatable bonds is 5. The Bertz CT molecular complexity index is 825. The third kappa shape index (κ3) is 3.45. The molecule has 1 fully saturated rings. The van der Waals surface area contributed by atoms with Crippen LogP contribution in [-0.2, 0) is 0 Å². The number of benzene rings is 2. The van der Waals surface area contributed by atoms with Gasteiger partial charge in [0.15, 0.2) is 0 Å². The fraction of sp³-hybridized carbons (Fsp3) is 0.278. The van der Waals surface area contributed by atoms with E-state index in [1.165, 1.54) is 24.3 Å². The zero-order valence-corrected chi connectivity index (χ0v) is 15.2. The van der Waals surface area contributed by atoms with Gasteiger partial charge in [0.25, 0.3) is 11.6 Å². The third-order valence-corrected chi connectivity index (χ3v) is 5.42. The molecule has 26 heavy (non-hydrogen) atoms. The van der Waals surface area contributed by atoms with Gasteiger partial charge >= 0.3 is 0 Å². The van der Waals surface area contributed by atoms with Gasteiger partial charge in [0.2, 0.25) is 0 Å². The minimum absolute atomic E-state index is 0.0386. The van der Waals surface area contributed by atoms with Crippen molar-refractivity contribution >= 4 is 23.4 Å². The molecule has 7 nitrogen and oxygen atoms in total. The number of amides is 1. The molecule has 0 saturated carbocycles. The fourth-order valence-corrected chi connectivity index (χ4v) is 4.13.